The summed E-state index contributed by atoms with van der Waals surface area (Å²) in [6, 6.07) is 7.42. The highest BCUT2D eigenvalue weighted by Crippen LogP contribution is 2.49. The van der Waals surface area contributed by atoms with Crippen LogP contribution in [0.25, 0.3) is 11.1 Å². The Kier molecular flexibility index (Phi) is 13.5. The van der Waals surface area contributed by atoms with E-state index in [4.69, 9.17) is 42.1 Å². The zero-order valence-electron chi connectivity index (χ0n) is 29.5. The van der Waals surface area contributed by atoms with Crippen molar-refractivity contribution in [3.8, 4) is 45.6 Å². The molecule has 0 fully saturated rings. The van der Waals surface area contributed by atoms with Crippen molar-refractivity contribution in [2.24, 2.45) is 0 Å². The molecule has 1 aromatic heterocycles. The fourth-order valence-electron chi connectivity index (χ4n) is 4.86. The van der Waals surface area contributed by atoms with E-state index in [1.165, 1.54) is 33.5 Å². The zero-order valence-corrected chi connectivity index (χ0v) is 30.3. The van der Waals surface area contributed by atoms with Gasteiger partial charge < -0.3 is 46.6 Å². The molecule has 3 aromatic rings. The molecule has 51 heavy (non-hydrogen) atoms. The maximum atomic E-state index is 13.9. The number of carbonyl (C=O) groups excluding carboxylic acids is 2. The van der Waals surface area contributed by atoms with E-state index in [1.54, 1.807) is 45.9 Å². The van der Waals surface area contributed by atoms with E-state index < -0.39 is 63.2 Å². The average Bonchev–Trinajstić information content (AvgIpc) is 3.37. The van der Waals surface area contributed by atoms with Crippen LogP contribution >= 0.6 is 0 Å². The van der Waals surface area contributed by atoms with Crippen LogP contribution in [-0.4, -0.2) is 85.0 Å². The molecule has 0 aliphatic rings. The molecule has 0 spiro atoms. The van der Waals surface area contributed by atoms with Crippen molar-refractivity contribution in [2.45, 2.75) is 58.4 Å². The highest BCUT2D eigenvalue weighted by molar-refractivity contribution is 7.88. The minimum absolute atomic E-state index is 0.00351. The van der Waals surface area contributed by atoms with E-state index in [9.17, 15) is 31.2 Å². The van der Waals surface area contributed by atoms with Crippen LogP contribution in [0.4, 0.5) is 13.2 Å². The smallest absolute Gasteiger partial charge is 0.493 e. The van der Waals surface area contributed by atoms with Crippen molar-refractivity contribution in [3.05, 3.63) is 47.3 Å². The topological polar surface area (TPSA) is 156 Å². The van der Waals surface area contributed by atoms with Gasteiger partial charge in [0.2, 0.25) is 0 Å². The molecule has 282 valence electrons. The summed E-state index contributed by atoms with van der Waals surface area (Å²) in [5.74, 6) is -3.03. The van der Waals surface area contributed by atoms with Gasteiger partial charge in [-0.25, -0.2) is 9.59 Å². The van der Waals surface area contributed by atoms with Gasteiger partial charge in [-0.2, -0.15) is 21.6 Å². The summed E-state index contributed by atoms with van der Waals surface area (Å²) in [7, 11) is -0.563. The summed E-state index contributed by atoms with van der Waals surface area (Å²) in [4.78, 5) is 27.1. The number of hydrogen-bond donors (Lipinski definition) is 0. The second-order valence-corrected chi connectivity index (χ2v) is 12.7. The third-order valence-corrected chi connectivity index (χ3v) is 7.85. The Hall–Kier alpha value is -4.84. The van der Waals surface area contributed by atoms with E-state index in [0.717, 1.165) is 18.8 Å². The van der Waals surface area contributed by atoms with Crippen molar-refractivity contribution < 1.29 is 73.3 Å². The Labute approximate surface area is 293 Å². The maximum Gasteiger partial charge on any atom is 0.534 e. The van der Waals surface area contributed by atoms with Gasteiger partial charge in [0.05, 0.1) is 46.2 Å². The van der Waals surface area contributed by atoms with Crippen LogP contribution in [0.15, 0.2) is 30.3 Å². The average molecular weight is 748 g/mol. The van der Waals surface area contributed by atoms with Crippen LogP contribution in [-0.2, 0) is 37.3 Å². The van der Waals surface area contributed by atoms with Gasteiger partial charge in [0.1, 0.15) is 11.4 Å². The number of aromatic nitrogens is 1. The van der Waals surface area contributed by atoms with Crippen molar-refractivity contribution in [1.29, 1.82) is 0 Å². The van der Waals surface area contributed by atoms with E-state index in [0.29, 0.717) is 17.1 Å². The van der Waals surface area contributed by atoms with E-state index >= 15 is 0 Å². The number of alkyl halides is 3. The number of halogens is 3. The first-order valence-corrected chi connectivity index (χ1v) is 16.6. The van der Waals surface area contributed by atoms with Gasteiger partial charge in [-0.05, 0) is 57.9 Å². The second-order valence-electron chi connectivity index (χ2n) is 11.1. The first-order chi connectivity index (χ1) is 23.9. The molecule has 0 unspecified atom stereocenters. The Morgan fingerprint density at radius 2 is 1.33 bits per heavy atom. The number of nitrogens with zero attached hydrogens (tertiary/aromatic N) is 1. The van der Waals surface area contributed by atoms with Crippen molar-refractivity contribution >= 4 is 22.1 Å². The molecule has 0 aliphatic carbocycles. The molecule has 0 aliphatic heterocycles. The van der Waals surface area contributed by atoms with Crippen LogP contribution in [0.5, 0.6) is 34.5 Å². The van der Waals surface area contributed by atoms with Gasteiger partial charge in [-0.1, -0.05) is 6.07 Å². The Morgan fingerprint density at radius 3 is 1.84 bits per heavy atom. The molecule has 0 saturated carbocycles. The largest absolute Gasteiger partial charge is 0.534 e. The molecular formula is C33H40F3NO13S. The normalized spacial score (nSPS) is 11.7. The Morgan fingerprint density at radius 1 is 0.765 bits per heavy atom. The summed E-state index contributed by atoms with van der Waals surface area (Å²) in [5, 5.41) is 0. The van der Waals surface area contributed by atoms with Gasteiger partial charge >= 0.3 is 27.6 Å². The lowest BCUT2D eigenvalue weighted by molar-refractivity contribution is -0.0500. The minimum atomic E-state index is -6.47. The van der Waals surface area contributed by atoms with Crippen LogP contribution in [0.3, 0.4) is 0 Å². The number of rotatable bonds is 17. The maximum absolute atomic E-state index is 13.9. The molecule has 0 atom stereocenters. The van der Waals surface area contributed by atoms with Crippen molar-refractivity contribution in [1.82, 2.24) is 4.57 Å². The van der Waals surface area contributed by atoms with Crippen LogP contribution < -0.4 is 27.9 Å². The number of esters is 2. The van der Waals surface area contributed by atoms with E-state index in [1.807, 2.05) is 0 Å². The lowest BCUT2D eigenvalue weighted by Crippen LogP contribution is -2.29. The summed E-state index contributed by atoms with van der Waals surface area (Å²) in [5.41, 5.74) is -7.71. The standard InChI is InChI=1S/C33H40F3NO13S/c1-18(2)48-25-14-20(10-11-22(25)43-6)12-13-37-28(31(38)45-8)27(30(29(37)32(39)46-9)50-51(40,41)33(34,35)36)21-15-24(44-7)26(49-19(3)4)16-23(21)47-17-42-5/h10-11,14-16,18-19H,12-13,17H2,1-9H3. The fourth-order valence-corrected chi connectivity index (χ4v) is 5.34. The number of ether oxygens (including phenoxy) is 8. The molecular weight excluding hydrogens is 707 g/mol. The first-order valence-electron chi connectivity index (χ1n) is 15.2. The molecule has 0 saturated heterocycles. The molecule has 3 rings (SSSR count). The number of hydrogen-bond acceptors (Lipinski definition) is 13. The number of carbonyl (C=O) groups is 2. The number of aryl methyl sites for hydroxylation is 1. The third-order valence-electron chi connectivity index (χ3n) is 6.90. The fraction of sp³-hybridized carbons (Fsp3) is 0.455. The SMILES string of the molecule is COCOc1cc(OC(C)C)c(OC)cc1-c1c(OS(=O)(=O)C(F)(F)F)c(C(=O)OC)n(CCc2ccc(OC)c(OC(C)C)c2)c1C(=O)OC. The van der Waals surface area contributed by atoms with Crippen molar-refractivity contribution in [2.75, 3.05) is 42.3 Å². The van der Waals surface area contributed by atoms with E-state index in [2.05, 4.69) is 0 Å². The van der Waals surface area contributed by atoms with Gasteiger partial charge in [0.15, 0.2) is 41.2 Å². The molecule has 14 nitrogen and oxygen atoms in total. The molecule has 2 aromatic carbocycles. The highest BCUT2D eigenvalue weighted by atomic mass is 32.2. The Balaban J connectivity index is 2.51. The first kappa shape index (κ1) is 40.6. The van der Waals surface area contributed by atoms with Crippen LogP contribution in [0.2, 0.25) is 0 Å². The monoisotopic (exact) mass is 747 g/mol. The molecule has 0 radical (unpaired) electrons. The lowest BCUT2D eigenvalue weighted by Gasteiger charge is -2.19. The van der Waals surface area contributed by atoms with Crippen LogP contribution in [0, 0.1) is 0 Å². The number of benzene rings is 2. The third kappa shape index (κ3) is 9.29. The molecule has 0 N–H and O–H groups in total. The predicted molar refractivity (Wildman–Crippen MR) is 175 cm³/mol. The lowest BCUT2D eigenvalue weighted by atomic mass is 10.0. The second kappa shape index (κ2) is 16.9. The van der Waals surface area contributed by atoms with Gasteiger partial charge in [-0.15, -0.1) is 0 Å². The minimum Gasteiger partial charge on any atom is -0.493 e. The summed E-state index contributed by atoms with van der Waals surface area (Å²) in [6.07, 6.45) is -0.626. The van der Waals surface area contributed by atoms with Gasteiger partial charge in [0, 0.05) is 25.3 Å². The molecule has 0 bridgehead atoms. The van der Waals surface area contributed by atoms with Crippen LogP contribution in [0.1, 0.15) is 54.2 Å². The summed E-state index contributed by atoms with van der Waals surface area (Å²) in [6.45, 7) is 6.29. The van der Waals surface area contributed by atoms with Gasteiger partial charge in [-0.3, -0.25) is 0 Å². The van der Waals surface area contributed by atoms with Gasteiger partial charge in [0.25, 0.3) is 0 Å². The summed E-state index contributed by atoms with van der Waals surface area (Å²) < 4.78 is 116. The predicted octanol–water partition coefficient (Wildman–Crippen LogP) is 5.77. The van der Waals surface area contributed by atoms with E-state index in [-0.39, 0.29) is 41.9 Å². The molecule has 18 heteroatoms. The molecule has 0 amide bonds. The molecule has 1 heterocycles. The van der Waals surface area contributed by atoms with Crippen molar-refractivity contribution in [3.63, 3.8) is 0 Å². The quantitative estimate of drug-likeness (QED) is 0.0710. The number of methoxy groups -OCH3 is 5. The zero-order chi connectivity index (χ0) is 38.3. The highest BCUT2D eigenvalue weighted by Gasteiger charge is 2.50. The Bertz CT molecular complexity index is 1820. The summed E-state index contributed by atoms with van der Waals surface area (Å²) >= 11 is 0.